The second-order valence-electron chi connectivity index (χ2n) is 5.88. The van der Waals surface area contributed by atoms with E-state index in [0.717, 1.165) is 37.1 Å². The largest absolute Gasteiger partial charge is 0.467 e. The molecule has 0 fully saturated rings. The second-order valence-corrected chi connectivity index (χ2v) is 6.91. The molecule has 3 aromatic rings. The minimum Gasteiger partial charge on any atom is -0.467 e. The number of halogens is 1. The van der Waals surface area contributed by atoms with Crippen molar-refractivity contribution in [3.63, 3.8) is 0 Å². The maximum absolute atomic E-state index is 5.46. The summed E-state index contributed by atoms with van der Waals surface area (Å²) in [7, 11) is 2.01. The molecule has 0 aliphatic heterocycles. The van der Waals surface area contributed by atoms with E-state index in [1.165, 1.54) is 4.88 Å². The summed E-state index contributed by atoms with van der Waals surface area (Å²) in [6.07, 6.45) is 4.34. The summed E-state index contributed by atoms with van der Waals surface area (Å²) in [5.41, 5.74) is 0. The van der Waals surface area contributed by atoms with Crippen LogP contribution in [0.25, 0.3) is 0 Å². The molecule has 0 aromatic carbocycles. The van der Waals surface area contributed by atoms with Crippen LogP contribution >= 0.6 is 35.3 Å². The fourth-order valence-corrected chi connectivity index (χ4v) is 3.23. The number of hydrogen-bond acceptors (Lipinski definition) is 5. The normalized spacial score (nSPS) is 11.3. The smallest absolute Gasteiger partial charge is 0.194 e. The first-order valence-electron chi connectivity index (χ1n) is 8.67. The van der Waals surface area contributed by atoms with Gasteiger partial charge in [0, 0.05) is 31.4 Å². The standard InChI is InChI=1S/C18H24N6OS.HI/c1-3-17-22-21-14-24(17)9-8-19-18(20-12-16-7-5-11-26-16)23(2)13-15-6-4-10-25-15;/h4-7,10-11,14H,3,8-9,12-13H2,1-2H3,(H,19,20);1H. The highest BCUT2D eigenvalue weighted by Gasteiger charge is 2.09. The third kappa shape index (κ3) is 6.35. The Kier molecular flexibility index (Phi) is 8.79. The van der Waals surface area contributed by atoms with Crippen LogP contribution in [0.15, 0.2) is 51.6 Å². The highest BCUT2D eigenvalue weighted by molar-refractivity contribution is 14.0. The van der Waals surface area contributed by atoms with Crippen LogP contribution in [0.3, 0.4) is 0 Å². The van der Waals surface area contributed by atoms with E-state index < -0.39 is 0 Å². The second kappa shape index (κ2) is 11.1. The van der Waals surface area contributed by atoms with Gasteiger partial charge in [0.05, 0.1) is 19.4 Å². The minimum atomic E-state index is 0. The van der Waals surface area contributed by atoms with Gasteiger partial charge in [0.2, 0.25) is 0 Å². The lowest BCUT2D eigenvalue weighted by Gasteiger charge is -2.21. The maximum atomic E-state index is 5.46. The van der Waals surface area contributed by atoms with E-state index in [1.54, 1.807) is 23.9 Å². The van der Waals surface area contributed by atoms with Gasteiger partial charge in [0.25, 0.3) is 0 Å². The molecule has 3 rings (SSSR count). The molecule has 0 atom stereocenters. The van der Waals surface area contributed by atoms with Crippen molar-refractivity contribution in [2.45, 2.75) is 33.0 Å². The molecule has 3 heterocycles. The predicted molar refractivity (Wildman–Crippen MR) is 118 cm³/mol. The number of thiophene rings is 1. The third-order valence-electron chi connectivity index (χ3n) is 3.95. The van der Waals surface area contributed by atoms with Crippen molar-refractivity contribution in [1.29, 1.82) is 0 Å². The number of nitrogens with zero attached hydrogens (tertiary/aromatic N) is 5. The lowest BCUT2D eigenvalue weighted by molar-refractivity contribution is 0.398. The molecule has 0 aliphatic rings. The van der Waals surface area contributed by atoms with Crippen LogP contribution in [0, 0.1) is 0 Å². The Morgan fingerprint density at radius 1 is 1.37 bits per heavy atom. The first-order valence-corrected chi connectivity index (χ1v) is 9.55. The zero-order valence-corrected chi connectivity index (χ0v) is 18.7. The van der Waals surface area contributed by atoms with Gasteiger partial charge in [-0.2, -0.15) is 0 Å². The van der Waals surface area contributed by atoms with Gasteiger partial charge in [-0.25, -0.2) is 4.99 Å². The molecule has 146 valence electrons. The molecule has 27 heavy (non-hydrogen) atoms. The van der Waals surface area contributed by atoms with E-state index in [4.69, 9.17) is 9.41 Å². The number of hydrogen-bond donors (Lipinski definition) is 1. The van der Waals surface area contributed by atoms with Crippen LogP contribution < -0.4 is 5.32 Å². The molecule has 0 saturated heterocycles. The summed E-state index contributed by atoms with van der Waals surface area (Å²) in [4.78, 5) is 8.08. The summed E-state index contributed by atoms with van der Waals surface area (Å²) in [6, 6.07) is 8.02. The lowest BCUT2D eigenvalue weighted by Crippen LogP contribution is -2.40. The highest BCUT2D eigenvalue weighted by Crippen LogP contribution is 2.10. The van der Waals surface area contributed by atoms with Crippen molar-refractivity contribution in [1.82, 2.24) is 25.0 Å². The van der Waals surface area contributed by atoms with E-state index in [2.05, 4.69) is 43.4 Å². The average molecular weight is 500 g/mol. The van der Waals surface area contributed by atoms with Crippen LogP contribution in [-0.2, 0) is 26.1 Å². The van der Waals surface area contributed by atoms with Gasteiger partial charge < -0.3 is 19.2 Å². The quantitative estimate of drug-likeness (QED) is 0.292. The highest BCUT2D eigenvalue weighted by atomic mass is 127. The molecule has 9 heteroatoms. The van der Waals surface area contributed by atoms with Gasteiger partial charge in [-0.15, -0.1) is 45.5 Å². The zero-order valence-electron chi connectivity index (χ0n) is 15.5. The molecule has 7 nitrogen and oxygen atoms in total. The summed E-state index contributed by atoms with van der Waals surface area (Å²) in [5, 5.41) is 13.6. The molecule has 1 N–H and O–H groups in total. The van der Waals surface area contributed by atoms with Crippen molar-refractivity contribution < 1.29 is 4.42 Å². The molecule has 0 radical (unpaired) electrons. The maximum Gasteiger partial charge on any atom is 0.194 e. The molecular formula is C18H25IN6OS. The summed E-state index contributed by atoms with van der Waals surface area (Å²) >= 11 is 1.72. The van der Waals surface area contributed by atoms with E-state index in [-0.39, 0.29) is 24.0 Å². The number of aryl methyl sites for hydroxylation is 1. The molecule has 0 saturated carbocycles. The van der Waals surface area contributed by atoms with Gasteiger partial charge in [-0.3, -0.25) is 0 Å². The lowest BCUT2D eigenvalue weighted by atomic mass is 10.4. The third-order valence-corrected chi connectivity index (χ3v) is 4.81. The van der Waals surface area contributed by atoms with Crippen LogP contribution in [0.5, 0.6) is 0 Å². The number of guanidine groups is 1. The van der Waals surface area contributed by atoms with Crippen molar-refractivity contribution in [3.8, 4) is 0 Å². The molecule has 0 spiro atoms. The minimum absolute atomic E-state index is 0. The van der Waals surface area contributed by atoms with Gasteiger partial charge >= 0.3 is 0 Å². The van der Waals surface area contributed by atoms with Crippen LogP contribution in [-0.4, -0.2) is 39.2 Å². The SMILES string of the molecule is CCc1nncn1CCNC(=NCc1cccs1)N(C)Cc1ccco1.I. The Hall–Kier alpha value is -1.88. The Balaban J connectivity index is 0.00000261. The van der Waals surface area contributed by atoms with Crippen molar-refractivity contribution >= 4 is 41.3 Å². The predicted octanol–water partition coefficient (Wildman–Crippen LogP) is 3.39. The fourth-order valence-electron chi connectivity index (χ4n) is 2.61. The number of furan rings is 1. The Labute approximate surface area is 180 Å². The number of aliphatic imine (C=N–C) groups is 1. The fraction of sp³-hybridized carbons (Fsp3) is 0.389. The summed E-state index contributed by atoms with van der Waals surface area (Å²) in [6.45, 7) is 4.95. The number of rotatable bonds is 8. The molecule has 0 aliphatic carbocycles. The number of nitrogens with one attached hydrogen (secondary N) is 1. The first-order chi connectivity index (χ1) is 12.8. The van der Waals surface area contributed by atoms with E-state index >= 15 is 0 Å². The zero-order chi connectivity index (χ0) is 18.2. The summed E-state index contributed by atoms with van der Waals surface area (Å²) in [5.74, 6) is 2.75. The van der Waals surface area contributed by atoms with Gasteiger partial charge in [-0.1, -0.05) is 13.0 Å². The first kappa shape index (κ1) is 21.4. The Morgan fingerprint density at radius 3 is 2.96 bits per heavy atom. The van der Waals surface area contributed by atoms with E-state index in [9.17, 15) is 0 Å². The van der Waals surface area contributed by atoms with E-state index in [1.807, 2.05) is 25.2 Å². The van der Waals surface area contributed by atoms with Crippen molar-refractivity contribution in [2.75, 3.05) is 13.6 Å². The van der Waals surface area contributed by atoms with E-state index in [0.29, 0.717) is 13.1 Å². The summed E-state index contributed by atoms with van der Waals surface area (Å²) < 4.78 is 7.52. The van der Waals surface area contributed by atoms with Gasteiger partial charge in [0.15, 0.2) is 5.96 Å². The topological polar surface area (TPSA) is 71.5 Å². The Bertz CT molecular complexity index is 800. The van der Waals surface area contributed by atoms with Gasteiger partial charge in [-0.05, 0) is 23.6 Å². The average Bonchev–Trinajstić information content (AvgIpc) is 3.39. The molecule has 0 amide bonds. The number of aromatic nitrogens is 3. The molecule has 0 unspecified atom stereocenters. The molecule has 0 bridgehead atoms. The van der Waals surface area contributed by atoms with Crippen LogP contribution in [0.2, 0.25) is 0 Å². The monoisotopic (exact) mass is 500 g/mol. The van der Waals surface area contributed by atoms with Gasteiger partial charge in [0.1, 0.15) is 17.9 Å². The molecule has 3 aromatic heterocycles. The molecular weight excluding hydrogens is 475 g/mol. The van der Waals surface area contributed by atoms with Crippen LogP contribution in [0.4, 0.5) is 0 Å². The van der Waals surface area contributed by atoms with Crippen molar-refractivity contribution in [2.24, 2.45) is 4.99 Å². The Morgan fingerprint density at radius 2 is 2.26 bits per heavy atom. The van der Waals surface area contributed by atoms with Crippen molar-refractivity contribution in [3.05, 3.63) is 58.7 Å². The van der Waals surface area contributed by atoms with Crippen LogP contribution in [0.1, 0.15) is 23.4 Å².